The van der Waals surface area contributed by atoms with Crippen molar-refractivity contribution in [3.63, 3.8) is 0 Å². The Balaban J connectivity index is 2.93. The van der Waals surface area contributed by atoms with E-state index in [0.29, 0.717) is 23.8 Å². The summed E-state index contributed by atoms with van der Waals surface area (Å²) in [6, 6.07) is 5.17. The van der Waals surface area contributed by atoms with E-state index in [1.807, 2.05) is 0 Å². The summed E-state index contributed by atoms with van der Waals surface area (Å²) in [4.78, 5) is 4.02. The van der Waals surface area contributed by atoms with Gasteiger partial charge in [0.2, 0.25) is 0 Å². The van der Waals surface area contributed by atoms with Crippen LogP contribution in [0.5, 0.6) is 0 Å². The van der Waals surface area contributed by atoms with Crippen LogP contribution in [0.15, 0.2) is 18.2 Å². The minimum atomic E-state index is -0.986. The average molecular weight is 201 g/mol. The monoisotopic (exact) mass is 200 g/mol. The second kappa shape index (κ2) is 4.05. The summed E-state index contributed by atoms with van der Waals surface area (Å²) in [6.45, 7) is 2.10. The van der Waals surface area contributed by atoms with Gasteiger partial charge in [0.25, 0.3) is 0 Å². The van der Waals surface area contributed by atoms with Gasteiger partial charge in [-0.1, -0.05) is 17.7 Å². The molecular formula is C9H13ClN2O. The van der Waals surface area contributed by atoms with Gasteiger partial charge in [-0.15, -0.1) is 0 Å². The molecule has 0 aromatic carbocycles. The summed E-state index contributed by atoms with van der Waals surface area (Å²) in [5.74, 6) is 0. The average Bonchev–Trinajstić information content (AvgIpc) is 2.04. The number of pyridine rings is 1. The van der Waals surface area contributed by atoms with Crippen LogP contribution in [0.4, 0.5) is 0 Å². The molecule has 0 radical (unpaired) electrons. The number of nitrogens with zero attached hydrogens (tertiary/aromatic N) is 1. The molecule has 0 saturated heterocycles. The molecule has 1 rings (SSSR count). The van der Waals surface area contributed by atoms with Gasteiger partial charge in [0, 0.05) is 0 Å². The Labute approximate surface area is 82.5 Å². The van der Waals surface area contributed by atoms with Crippen LogP contribution in [0.1, 0.15) is 19.0 Å². The van der Waals surface area contributed by atoms with Gasteiger partial charge in [0.05, 0.1) is 5.69 Å². The third-order valence-corrected chi connectivity index (χ3v) is 2.11. The molecule has 1 aromatic rings. The fourth-order valence-corrected chi connectivity index (χ4v) is 1.28. The number of nitrogens with two attached hydrogens (primary N) is 1. The molecule has 0 fully saturated rings. The lowest BCUT2D eigenvalue weighted by molar-refractivity contribution is 0.0459. The number of aromatic nitrogens is 1. The van der Waals surface area contributed by atoms with Gasteiger partial charge >= 0.3 is 0 Å². The molecule has 0 saturated carbocycles. The van der Waals surface area contributed by atoms with Crippen LogP contribution in [0.25, 0.3) is 0 Å². The summed E-state index contributed by atoms with van der Waals surface area (Å²) in [7, 11) is 0. The van der Waals surface area contributed by atoms with Crippen molar-refractivity contribution in [2.24, 2.45) is 5.73 Å². The van der Waals surface area contributed by atoms with E-state index in [0.717, 1.165) is 0 Å². The van der Waals surface area contributed by atoms with Crippen LogP contribution in [-0.4, -0.2) is 16.6 Å². The van der Waals surface area contributed by atoms with E-state index in [2.05, 4.69) is 4.98 Å². The van der Waals surface area contributed by atoms with Gasteiger partial charge < -0.3 is 10.8 Å². The molecule has 0 spiro atoms. The fraction of sp³-hybridized carbons (Fsp3) is 0.444. The quantitative estimate of drug-likeness (QED) is 0.723. The van der Waals surface area contributed by atoms with Crippen molar-refractivity contribution in [1.29, 1.82) is 0 Å². The first-order valence-electron chi connectivity index (χ1n) is 4.12. The molecule has 3 nitrogen and oxygen atoms in total. The van der Waals surface area contributed by atoms with Gasteiger partial charge in [-0.3, -0.25) is 0 Å². The molecule has 1 heterocycles. The Bertz CT molecular complexity index is 289. The maximum Gasteiger partial charge on any atom is 0.129 e. The Morgan fingerprint density at radius 1 is 1.62 bits per heavy atom. The SMILES string of the molecule is CC(O)(CCN)c1cccc(Cl)n1. The third-order valence-electron chi connectivity index (χ3n) is 1.90. The van der Waals surface area contributed by atoms with Crippen LogP contribution in [0.3, 0.4) is 0 Å². The van der Waals surface area contributed by atoms with Crippen LogP contribution in [-0.2, 0) is 5.60 Å². The Morgan fingerprint density at radius 3 is 2.85 bits per heavy atom. The second-order valence-electron chi connectivity index (χ2n) is 3.16. The van der Waals surface area contributed by atoms with Crippen molar-refractivity contribution in [2.45, 2.75) is 18.9 Å². The third kappa shape index (κ3) is 2.66. The van der Waals surface area contributed by atoms with E-state index >= 15 is 0 Å². The van der Waals surface area contributed by atoms with E-state index in [9.17, 15) is 5.11 Å². The molecule has 0 aliphatic heterocycles. The molecule has 0 aliphatic carbocycles. The Hall–Kier alpha value is -0.640. The maximum absolute atomic E-state index is 9.91. The molecular weight excluding hydrogens is 188 g/mol. The van der Waals surface area contributed by atoms with Crippen molar-refractivity contribution >= 4 is 11.6 Å². The Kier molecular flexibility index (Phi) is 3.25. The fourth-order valence-electron chi connectivity index (χ4n) is 1.12. The highest BCUT2D eigenvalue weighted by Crippen LogP contribution is 2.22. The molecule has 0 aliphatic rings. The summed E-state index contributed by atoms with van der Waals surface area (Å²) < 4.78 is 0. The van der Waals surface area contributed by atoms with E-state index in [1.165, 1.54) is 0 Å². The molecule has 4 heteroatoms. The predicted octanol–water partition coefficient (Wildman–Crippen LogP) is 1.29. The van der Waals surface area contributed by atoms with Gasteiger partial charge in [-0.25, -0.2) is 4.98 Å². The number of halogens is 1. The van der Waals surface area contributed by atoms with Gasteiger partial charge in [0.1, 0.15) is 10.8 Å². The van der Waals surface area contributed by atoms with Crippen LogP contribution in [0, 0.1) is 0 Å². The van der Waals surface area contributed by atoms with Crippen LogP contribution >= 0.6 is 11.6 Å². The number of rotatable bonds is 3. The lowest BCUT2D eigenvalue weighted by atomic mass is 9.98. The van der Waals surface area contributed by atoms with Gasteiger partial charge in [-0.2, -0.15) is 0 Å². The number of hydrogen-bond donors (Lipinski definition) is 2. The number of aliphatic hydroxyl groups is 1. The minimum Gasteiger partial charge on any atom is -0.384 e. The van der Waals surface area contributed by atoms with E-state index in [4.69, 9.17) is 17.3 Å². The molecule has 13 heavy (non-hydrogen) atoms. The minimum absolute atomic E-state index is 0.384. The molecule has 1 atom stereocenters. The van der Waals surface area contributed by atoms with Crippen LogP contribution in [0.2, 0.25) is 5.15 Å². The largest absolute Gasteiger partial charge is 0.384 e. The van der Waals surface area contributed by atoms with E-state index in [-0.39, 0.29) is 0 Å². The lowest BCUT2D eigenvalue weighted by Gasteiger charge is -2.21. The summed E-state index contributed by atoms with van der Waals surface area (Å²) >= 11 is 5.70. The van der Waals surface area contributed by atoms with E-state index < -0.39 is 5.60 Å². The lowest BCUT2D eigenvalue weighted by Crippen LogP contribution is -2.26. The first-order valence-corrected chi connectivity index (χ1v) is 4.49. The topological polar surface area (TPSA) is 59.1 Å². The van der Waals surface area contributed by atoms with E-state index in [1.54, 1.807) is 25.1 Å². The van der Waals surface area contributed by atoms with Gasteiger partial charge in [0.15, 0.2) is 0 Å². The highest BCUT2D eigenvalue weighted by Gasteiger charge is 2.23. The number of hydrogen-bond acceptors (Lipinski definition) is 3. The molecule has 0 bridgehead atoms. The van der Waals surface area contributed by atoms with Crippen molar-refractivity contribution in [3.8, 4) is 0 Å². The standard InChI is InChI=1S/C9H13ClN2O/c1-9(13,5-6-11)7-3-2-4-8(10)12-7/h2-4,13H,5-6,11H2,1H3. The summed E-state index contributed by atoms with van der Waals surface area (Å²) in [5.41, 5.74) is 4.94. The highest BCUT2D eigenvalue weighted by molar-refractivity contribution is 6.29. The summed E-state index contributed by atoms with van der Waals surface area (Å²) in [6.07, 6.45) is 0.473. The molecule has 1 unspecified atom stereocenters. The zero-order valence-electron chi connectivity index (χ0n) is 7.50. The molecule has 1 aromatic heterocycles. The van der Waals surface area contributed by atoms with Crippen LogP contribution < -0.4 is 5.73 Å². The first kappa shape index (κ1) is 10.4. The molecule has 72 valence electrons. The zero-order chi connectivity index (χ0) is 9.90. The Morgan fingerprint density at radius 2 is 2.31 bits per heavy atom. The molecule has 3 N–H and O–H groups in total. The second-order valence-corrected chi connectivity index (χ2v) is 3.55. The maximum atomic E-state index is 9.91. The smallest absolute Gasteiger partial charge is 0.129 e. The van der Waals surface area contributed by atoms with Crippen molar-refractivity contribution < 1.29 is 5.11 Å². The van der Waals surface area contributed by atoms with Gasteiger partial charge in [-0.05, 0) is 32.0 Å². The normalized spacial score (nSPS) is 15.4. The molecule has 0 amide bonds. The summed E-state index contributed by atoms with van der Waals surface area (Å²) in [5, 5.41) is 10.3. The van der Waals surface area contributed by atoms with Crippen molar-refractivity contribution in [2.75, 3.05) is 6.54 Å². The highest BCUT2D eigenvalue weighted by atomic mass is 35.5. The first-order chi connectivity index (χ1) is 6.06. The van der Waals surface area contributed by atoms with Crippen molar-refractivity contribution in [3.05, 3.63) is 29.0 Å². The van der Waals surface area contributed by atoms with Crippen molar-refractivity contribution in [1.82, 2.24) is 4.98 Å². The predicted molar refractivity (Wildman–Crippen MR) is 52.5 cm³/mol. The zero-order valence-corrected chi connectivity index (χ0v) is 8.25.